The van der Waals surface area contributed by atoms with Crippen molar-refractivity contribution in [1.29, 1.82) is 0 Å². The first-order valence-electron chi connectivity index (χ1n) is 10.6. The maximum Gasteiger partial charge on any atom is 0.282 e. The monoisotopic (exact) mass is 490 g/mol. The molecule has 3 aromatic carbocycles. The largest absolute Gasteiger partial charge is 0.295 e. The molecule has 0 radical (unpaired) electrons. The Morgan fingerprint density at radius 2 is 1.56 bits per heavy atom. The van der Waals surface area contributed by atoms with Crippen molar-refractivity contribution in [3.63, 3.8) is 0 Å². The Hall–Kier alpha value is -3.68. The molecule has 34 heavy (non-hydrogen) atoms. The smallest absolute Gasteiger partial charge is 0.282 e. The van der Waals surface area contributed by atoms with E-state index in [1.165, 1.54) is 10.9 Å². The van der Waals surface area contributed by atoms with Crippen molar-refractivity contribution in [3.05, 3.63) is 96.4 Å². The summed E-state index contributed by atoms with van der Waals surface area (Å²) in [6, 6.07) is 12.2. The van der Waals surface area contributed by atoms with Crippen LogP contribution < -0.4 is 5.56 Å². The number of hydrogen-bond donors (Lipinski definition) is 1. The molecule has 2 aliphatic rings. The SMILES string of the molecule is Cc1[nH]n(-c2cc(Cl)ccc2Cl)c(=O)c1/C=N/N1C(=O)c2ccc3c4c(ccc(c24)C1=O)CC3. The van der Waals surface area contributed by atoms with Gasteiger partial charge >= 0.3 is 0 Å². The van der Waals surface area contributed by atoms with Crippen molar-refractivity contribution in [1.82, 2.24) is 14.8 Å². The van der Waals surface area contributed by atoms with Gasteiger partial charge in [-0.25, -0.2) is 4.68 Å². The lowest BCUT2D eigenvalue weighted by Crippen LogP contribution is -2.36. The fourth-order valence-corrected chi connectivity index (χ4v) is 5.13. The number of hydrogen-bond acceptors (Lipinski definition) is 4. The van der Waals surface area contributed by atoms with Gasteiger partial charge in [-0.05, 0) is 66.6 Å². The van der Waals surface area contributed by atoms with E-state index < -0.39 is 17.4 Å². The summed E-state index contributed by atoms with van der Waals surface area (Å²) in [4.78, 5) is 39.5. The molecule has 1 aliphatic carbocycles. The lowest BCUT2D eigenvalue weighted by Gasteiger charge is -2.23. The number of halogens is 2. The number of imide groups is 1. The molecule has 0 bridgehead atoms. The van der Waals surface area contributed by atoms with Crippen LogP contribution in [0.1, 0.15) is 43.1 Å². The van der Waals surface area contributed by atoms with Gasteiger partial charge in [0.15, 0.2) is 0 Å². The van der Waals surface area contributed by atoms with E-state index >= 15 is 0 Å². The quantitative estimate of drug-likeness (QED) is 0.334. The molecule has 0 saturated carbocycles. The van der Waals surface area contributed by atoms with Crippen LogP contribution in [0.25, 0.3) is 16.5 Å². The van der Waals surface area contributed by atoms with Crippen molar-refractivity contribution in [3.8, 4) is 5.69 Å². The van der Waals surface area contributed by atoms with E-state index in [9.17, 15) is 14.4 Å². The molecule has 0 unspecified atom stereocenters. The second-order valence-corrected chi connectivity index (χ2v) is 9.19. The first-order valence-corrected chi connectivity index (χ1v) is 11.4. The van der Waals surface area contributed by atoms with Crippen LogP contribution in [-0.4, -0.2) is 32.8 Å². The van der Waals surface area contributed by atoms with E-state index in [-0.39, 0.29) is 5.56 Å². The zero-order valence-corrected chi connectivity index (χ0v) is 19.4. The summed E-state index contributed by atoms with van der Waals surface area (Å²) in [6.45, 7) is 1.69. The lowest BCUT2D eigenvalue weighted by atomic mass is 9.92. The molecule has 2 heterocycles. The summed E-state index contributed by atoms with van der Waals surface area (Å²) in [5.74, 6) is -1.04. The summed E-state index contributed by atoms with van der Waals surface area (Å²) in [5.41, 5.74) is 3.79. The number of nitrogens with zero attached hydrogens (tertiary/aromatic N) is 3. The fourth-order valence-electron chi connectivity index (χ4n) is 4.76. The Morgan fingerprint density at radius 1 is 0.912 bits per heavy atom. The van der Waals surface area contributed by atoms with E-state index in [1.54, 1.807) is 37.3 Å². The molecule has 6 rings (SSSR count). The van der Waals surface area contributed by atoms with Crippen LogP contribution in [0.5, 0.6) is 0 Å². The van der Waals surface area contributed by atoms with Crippen LogP contribution in [0, 0.1) is 6.92 Å². The van der Waals surface area contributed by atoms with Gasteiger partial charge in [-0.1, -0.05) is 35.3 Å². The van der Waals surface area contributed by atoms with Crippen molar-refractivity contribution in [2.45, 2.75) is 19.8 Å². The second kappa shape index (κ2) is 7.41. The molecular formula is C25H16Cl2N4O3. The molecular weight excluding hydrogens is 475 g/mol. The Morgan fingerprint density at radius 3 is 2.21 bits per heavy atom. The maximum atomic E-state index is 13.2. The molecule has 168 valence electrons. The fraction of sp³-hybridized carbons (Fsp3) is 0.120. The van der Waals surface area contributed by atoms with Crippen molar-refractivity contribution >= 4 is 52.0 Å². The topological polar surface area (TPSA) is 87.5 Å². The highest BCUT2D eigenvalue weighted by Crippen LogP contribution is 2.38. The maximum absolute atomic E-state index is 13.2. The first kappa shape index (κ1) is 20.9. The van der Waals surface area contributed by atoms with Gasteiger partial charge in [0, 0.05) is 16.1 Å². The van der Waals surface area contributed by atoms with E-state index in [4.69, 9.17) is 23.2 Å². The molecule has 1 aromatic heterocycles. The normalized spacial score (nSPS) is 14.7. The third kappa shape index (κ3) is 2.90. The van der Waals surface area contributed by atoms with Crippen LogP contribution in [0.4, 0.5) is 0 Å². The summed E-state index contributed by atoms with van der Waals surface area (Å²) in [7, 11) is 0. The van der Waals surface area contributed by atoms with Crippen LogP contribution in [-0.2, 0) is 12.8 Å². The van der Waals surface area contributed by atoms with Gasteiger partial charge in [-0.2, -0.15) is 10.1 Å². The Kier molecular flexibility index (Phi) is 4.56. The highest BCUT2D eigenvalue weighted by molar-refractivity contribution is 6.34. The van der Waals surface area contributed by atoms with Crippen LogP contribution in [0.15, 0.2) is 52.4 Å². The summed E-state index contributed by atoms with van der Waals surface area (Å²) < 4.78 is 1.25. The average molecular weight is 491 g/mol. The molecule has 0 saturated heterocycles. The van der Waals surface area contributed by atoms with Gasteiger partial charge in [0.2, 0.25) is 0 Å². The highest BCUT2D eigenvalue weighted by Gasteiger charge is 2.35. The number of H-pyrrole nitrogens is 1. The minimum atomic E-state index is -0.518. The molecule has 1 aliphatic heterocycles. The third-order valence-electron chi connectivity index (χ3n) is 6.41. The number of aryl methyl sites for hydroxylation is 3. The van der Waals surface area contributed by atoms with Crippen molar-refractivity contribution in [2.75, 3.05) is 0 Å². The number of hydrazone groups is 1. The lowest BCUT2D eigenvalue weighted by molar-refractivity contribution is 0.0616. The molecule has 0 spiro atoms. The molecule has 9 heteroatoms. The zero-order valence-electron chi connectivity index (χ0n) is 17.9. The van der Waals surface area contributed by atoms with Gasteiger partial charge in [0.05, 0.1) is 33.6 Å². The summed E-state index contributed by atoms with van der Waals surface area (Å²) >= 11 is 12.3. The van der Waals surface area contributed by atoms with E-state index in [0.29, 0.717) is 37.9 Å². The highest BCUT2D eigenvalue weighted by atomic mass is 35.5. The number of aromatic nitrogens is 2. The number of aromatic amines is 1. The number of amides is 2. The molecule has 1 N–H and O–H groups in total. The predicted octanol–water partition coefficient (Wildman–Crippen LogP) is 4.66. The minimum Gasteiger partial charge on any atom is -0.295 e. The zero-order chi connectivity index (χ0) is 23.7. The van der Waals surface area contributed by atoms with Gasteiger partial charge in [0.25, 0.3) is 17.4 Å². The molecule has 2 amide bonds. The average Bonchev–Trinajstić information content (AvgIpc) is 3.37. The number of rotatable bonds is 3. The van der Waals surface area contributed by atoms with Gasteiger partial charge in [-0.3, -0.25) is 19.5 Å². The van der Waals surface area contributed by atoms with E-state index in [1.807, 2.05) is 12.1 Å². The minimum absolute atomic E-state index is 0.191. The summed E-state index contributed by atoms with van der Waals surface area (Å²) in [5, 5.41) is 10.4. The number of carbonyl (C=O) groups is 2. The Labute approximate surface area is 203 Å². The number of benzene rings is 3. The third-order valence-corrected chi connectivity index (χ3v) is 6.97. The Bertz CT molecular complexity index is 1610. The van der Waals surface area contributed by atoms with Gasteiger partial charge in [0.1, 0.15) is 0 Å². The summed E-state index contributed by atoms with van der Waals surface area (Å²) in [6.07, 6.45) is 3.02. The number of carbonyl (C=O) groups excluding carboxylic acids is 2. The number of nitrogens with one attached hydrogen (secondary N) is 1. The molecule has 4 aromatic rings. The van der Waals surface area contributed by atoms with Crippen molar-refractivity contribution < 1.29 is 9.59 Å². The van der Waals surface area contributed by atoms with Crippen molar-refractivity contribution in [2.24, 2.45) is 5.10 Å². The van der Waals surface area contributed by atoms with Crippen LogP contribution in [0.2, 0.25) is 10.0 Å². The van der Waals surface area contributed by atoms with E-state index in [2.05, 4.69) is 10.2 Å². The molecule has 7 nitrogen and oxygen atoms in total. The van der Waals surface area contributed by atoms with Crippen LogP contribution in [0.3, 0.4) is 0 Å². The second-order valence-electron chi connectivity index (χ2n) is 8.35. The van der Waals surface area contributed by atoms with Crippen LogP contribution >= 0.6 is 23.2 Å². The van der Waals surface area contributed by atoms with Gasteiger partial charge < -0.3 is 0 Å². The Balaban J connectivity index is 1.42. The first-order chi connectivity index (χ1) is 16.3. The molecule has 0 fully saturated rings. The standard InChI is InChI=1S/C25H16Cl2N4O3/c1-12-18(25(34)30(29-12)20-10-15(26)6-9-19(20)27)11-28-31-23(32)16-7-4-13-2-3-14-5-8-17(24(31)33)22(16)21(13)14/h4-11,29H,2-3H2,1H3/b28-11+. The van der Waals surface area contributed by atoms with Gasteiger partial charge in [-0.15, -0.1) is 0 Å². The van der Waals surface area contributed by atoms with E-state index in [0.717, 1.165) is 34.4 Å². The predicted molar refractivity (Wildman–Crippen MR) is 131 cm³/mol. The molecule has 0 atom stereocenters.